The van der Waals surface area contributed by atoms with Gasteiger partial charge in [-0.15, -0.1) is 0 Å². The molecule has 5 nitrogen and oxygen atoms in total. The van der Waals surface area contributed by atoms with E-state index >= 15 is 0 Å². The van der Waals surface area contributed by atoms with Gasteiger partial charge >= 0.3 is 0 Å². The summed E-state index contributed by atoms with van der Waals surface area (Å²) in [5.74, 6) is -0.547. The number of hydrogen-bond acceptors (Lipinski definition) is 5. The molecule has 7 heteroatoms. The van der Waals surface area contributed by atoms with Crippen LogP contribution in [0.1, 0.15) is 0 Å². The van der Waals surface area contributed by atoms with Crippen LogP contribution in [0.2, 0.25) is 5.02 Å². The number of rotatable bonds is 6. The molecular formula is C22H17ClN4OS. The maximum atomic E-state index is 12.4. The summed E-state index contributed by atoms with van der Waals surface area (Å²) in [6, 6.07) is 24.3. The summed E-state index contributed by atoms with van der Waals surface area (Å²) >= 11 is 7.55. The molecule has 0 saturated carbocycles. The second-order valence-electron chi connectivity index (χ2n) is 5.92. The molecule has 29 heavy (non-hydrogen) atoms. The number of anilines is 3. The van der Waals surface area contributed by atoms with Crippen molar-refractivity contribution in [3.05, 3.63) is 89.6 Å². The Morgan fingerprint density at radius 2 is 1.79 bits per heavy atom. The number of carbonyl (C=O) groups excluding carboxylic acids is 1. The van der Waals surface area contributed by atoms with Crippen LogP contribution in [-0.4, -0.2) is 5.91 Å². The van der Waals surface area contributed by atoms with Crippen LogP contribution in [0.5, 0.6) is 0 Å². The molecule has 0 saturated heterocycles. The van der Waals surface area contributed by atoms with E-state index in [0.29, 0.717) is 16.4 Å². The van der Waals surface area contributed by atoms with E-state index in [4.69, 9.17) is 17.3 Å². The normalized spacial score (nSPS) is 10.8. The van der Waals surface area contributed by atoms with Gasteiger partial charge in [0.1, 0.15) is 11.6 Å². The van der Waals surface area contributed by atoms with Crippen molar-refractivity contribution in [1.29, 1.82) is 5.26 Å². The molecule has 0 aliphatic heterocycles. The first-order chi connectivity index (χ1) is 14.1. The maximum Gasteiger partial charge on any atom is 0.267 e. The number of halogens is 1. The predicted octanol–water partition coefficient (Wildman–Crippen LogP) is 5.53. The van der Waals surface area contributed by atoms with Crippen molar-refractivity contribution >= 4 is 46.3 Å². The molecule has 4 N–H and O–H groups in total. The average Bonchev–Trinajstić information content (AvgIpc) is 2.73. The van der Waals surface area contributed by atoms with Gasteiger partial charge in [0.15, 0.2) is 0 Å². The lowest BCUT2D eigenvalue weighted by atomic mass is 10.2. The number of benzene rings is 3. The summed E-state index contributed by atoms with van der Waals surface area (Å²) in [6.07, 6.45) is 1.39. The van der Waals surface area contributed by atoms with Crippen LogP contribution in [0.25, 0.3) is 0 Å². The lowest BCUT2D eigenvalue weighted by molar-refractivity contribution is -0.112. The van der Waals surface area contributed by atoms with Crippen molar-refractivity contribution in [2.75, 3.05) is 16.4 Å². The van der Waals surface area contributed by atoms with Gasteiger partial charge in [-0.2, -0.15) is 5.26 Å². The lowest BCUT2D eigenvalue weighted by Crippen LogP contribution is -2.14. The van der Waals surface area contributed by atoms with Crippen molar-refractivity contribution in [1.82, 2.24) is 0 Å². The molecule has 0 radical (unpaired) electrons. The molecule has 0 heterocycles. The van der Waals surface area contributed by atoms with E-state index in [1.54, 1.807) is 23.9 Å². The summed E-state index contributed by atoms with van der Waals surface area (Å²) < 4.78 is 0. The van der Waals surface area contributed by atoms with Crippen LogP contribution >= 0.6 is 23.4 Å². The van der Waals surface area contributed by atoms with Crippen molar-refractivity contribution in [2.45, 2.75) is 9.79 Å². The van der Waals surface area contributed by atoms with Gasteiger partial charge in [-0.3, -0.25) is 4.79 Å². The first-order valence-corrected chi connectivity index (χ1v) is 9.81. The zero-order valence-corrected chi connectivity index (χ0v) is 16.8. The van der Waals surface area contributed by atoms with Gasteiger partial charge in [-0.25, -0.2) is 0 Å². The van der Waals surface area contributed by atoms with Gasteiger partial charge in [0.2, 0.25) is 0 Å². The Balaban J connectivity index is 1.74. The van der Waals surface area contributed by atoms with Gasteiger partial charge in [-0.05, 0) is 42.5 Å². The van der Waals surface area contributed by atoms with Crippen LogP contribution in [0.3, 0.4) is 0 Å². The molecule has 0 aromatic heterocycles. The fraction of sp³-hybridized carbons (Fsp3) is 0. The molecule has 0 spiro atoms. The zero-order chi connectivity index (χ0) is 20.6. The molecule has 3 aromatic carbocycles. The van der Waals surface area contributed by atoms with Crippen molar-refractivity contribution in [3.63, 3.8) is 0 Å². The molecule has 3 aromatic rings. The molecule has 0 unspecified atom stereocenters. The molecule has 1 amide bonds. The zero-order valence-electron chi connectivity index (χ0n) is 15.2. The summed E-state index contributed by atoms with van der Waals surface area (Å²) in [5, 5.41) is 15.4. The van der Waals surface area contributed by atoms with E-state index in [-0.39, 0.29) is 5.57 Å². The SMILES string of the molecule is N#C/C(=C/Nc1ccccc1Sc1ccccc1)C(=O)Nc1ccc(N)c(Cl)c1. The van der Waals surface area contributed by atoms with E-state index in [2.05, 4.69) is 10.6 Å². The van der Waals surface area contributed by atoms with E-state index in [0.717, 1.165) is 15.5 Å². The van der Waals surface area contributed by atoms with Gasteiger partial charge in [0.05, 0.1) is 16.4 Å². The Bertz CT molecular complexity index is 1090. The summed E-state index contributed by atoms with van der Waals surface area (Å²) in [4.78, 5) is 14.5. The Kier molecular flexibility index (Phi) is 6.80. The minimum Gasteiger partial charge on any atom is -0.398 e. The molecule has 0 atom stereocenters. The largest absolute Gasteiger partial charge is 0.398 e. The quantitative estimate of drug-likeness (QED) is 0.277. The number of nitrogens with one attached hydrogen (secondary N) is 2. The second-order valence-corrected chi connectivity index (χ2v) is 7.44. The number of nitrogens with zero attached hydrogens (tertiary/aromatic N) is 1. The first kappa shape index (κ1) is 20.3. The molecule has 3 rings (SSSR count). The first-order valence-electron chi connectivity index (χ1n) is 8.62. The molecule has 144 valence electrons. The van der Waals surface area contributed by atoms with Crippen LogP contribution in [0.15, 0.2) is 94.4 Å². The topological polar surface area (TPSA) is 90.9 Å². The Labute approximate surface area is 178 Å². The molecule has 0 aliphatic rings. The Morgan fingerprint density at radius 3 is 2.52 bits per heavy atom. The summed E-state index contributed by atoms with van der Waals surface area (Å²) in [5.41, 5.74) is 7.25. The van der Waals surface area contributed by atoms with Crippen LogP contribution in [-0.2, 0) is 4.79 Å². The summed E-state index contributed by atoms with van der Waals surface area (Å²) in [6.45, 7) is 0. The summed E-state index contributed by atoms with van der Waals surface area (Å²) in [7, 11) is 0. The predicted molar refractivity (Wildman–Crippen MR) is 119 cm³/mol. The molecular weight excluding hydrogens is 404 g/mol. The van der Waals surface area contributed by atoms with Crippen molar-refractivity contribution in [2.24, 2.45) is 0 Å². The smallest absolute Gasteiger partial charge is 0.267 e. The second kappa shape index (κ2) is 9.69. The van der Waals surface area contributed by atoms with E-state index < -0.39 is 5.91 Å². The number of carbonyl (C=O) groups is 1. The third kappa shape index (κ3) is 5.55. The maximum absolute atomic E-state index is 12.4. The van der Waals surface area contributed by atoms with Crippen molar-refractivity contribution in [3.8, 4) is 6.07 Å². The third-order valence-corrected chi connectivity index (χ3v) is 5.26. The number of nitriles is 1. The molecule has 0 aliphatic carbocycles. The van der Waals surface area contributed by atoms with E-state index in [1.165, 1.54) is 12.3 Å². The van der Waals surface area contributed by atoms with Crippen molar-refractivity contribution < 1.29 is 4.79 Å². The number of nitrogens with two attached hydrogens (primary N) is 1. The average molecular weight is 421 g/mol. The minimum atomic E-state index is -0.547. The standard InChI is InChI=1S/C22H17ClN4OS/c23-18-12-16(10-11-19(18)25)27-22(28)15(13-24)14-26-20-8-4-5-9-21(20)29-17-6-2-1-3-7-17/h1-12,14,26H,25H2,(H,27,28)/b15-14-. The molecule has 0 bridgehead atoms. The third-order valence-electron chi connectivity index (χ3n) is 3.85. The Morgan fingerprint density at radius 1 is 1.07 bits per heavy atom. The highest BCUT2D eigenvalue weighted by Gasteiger charge is 2.11. The minimum absolute atomic E-state index is 0.0718. The lowest BCUT2D eigenvalue weighted by Gasteiger charge is -2.10. The fourth-order valence-electron chi connectivity index (χ4n) is 2.39. The van der Waals surface area contributed by atoms with Crippen LogP contribution in [0.4, 0.5) is 17.1 Å². The highest BCUT2D eigenvalue weighted by molar-refractivity contribution is 7.99. The van der Waals surface area contributed by atoms with Gasteiger partial charge < -0.3 is 16.4 Å². The Hall–Kier alpha value is -3.40. The van der Waals surface area contributed by atoms with Crippen LogP contribution in [0, 0.1) is 11.3 Å². The van der Waals surface area contributed by atoms with E-state index in [9.17, 15) is 10.1 Å². The number of para-hydroxylation sites is 1. The van der Waals surface area contributed by atoms with Gasteiger partial charge in [0.25, 0.3) is 5.91 Å². The monoisotopic (exact) mass is 420 g/mol. The van der Waals surface area contributed by atoms with Gasteiger partial charge in [0, 0.05) is 21.7 Å². The van der Waals surface area contributed by atoms with Gasteiger partial charge in [-0.1, -0.05) is 53.7 Å². The number of amides is 1. The fourth-order valence-corrected chi connectivity index (χ4v) is 3.50. The highest BCUT2D eigenvalue weighted by Crippen LogP contribution is 2.33. The number of hydrogen-bond donors (Lipinski definition) is 3. The molecule has 0 fully saturated rings. The highest BCUT2D eigenvalue weighted by atomic mass is 35.5. The van der Waals surface area contributed by atoms with Crippen LogP contribution < -0.4 is 16.4 Å². The van der Waals surface area contributed by atoms with E-state index in [1.807, 2.05) is 60.7 Å². The number of nitrogen functional groups attached to an aromatic ring is 1.